The molecule has 0 radical (unpaired) electrons. The summed E-state index contributed by atoms with van der Waals surface area (Å²) < 4.78 is 16.0. The summed E-state index contributed by atoms with van der Waals surface area (Å²) in [6.45, 7) is 0.989. The van der Waals surface area contributed by atoms with Gasteiger partial charge in [-0.15, -0.1) is 0 Å². The van der Waals surface area contributed by atoms with Gasteiger partial charge in [0.25, 0.3) is 5.56 Å². The van der Waals surface area contributed by atoms with E-state index in [1.54, 1.807) is 21.3 Å². The number of anilines is 1. The summed E-state index contributed by atoms with van der Waals surface area (Å²) in [5.74, 6) is 1.87. The summed E-state index contributed by atoms with van der Waals surface area (Å²) in [5, 5.41) is 3.35. The van der Waals surface area contributed by atoms with E-state index in [-0.39, 0.29) is 5.56 Å². The predicted octanol–water partition coefficient (Wildman–Crippen LogP) is 2.92. The molecule has 0 bridgehead atoms. The van der Waals surface area contributed by atoms with Crippen LogP contribution in [0, 0.1) is 0 Å². The van der Waals surface area contributed by atoms with Crippen LogP contribution in [0.3, 0.4) is 0 Å². The van der Waals surface area contributed by atoms with Crippen molar-refractivity contribution in [1.82, 2.24) is 18.7 Å². The molecule has 2 heterocycles. The maximum absolute atomic E-state index is 13.0. The first-order valence-corrected chi connectivity index (χ1v) is 11.5. The molecule has 178 valence electrons. The minimum absolute atomic E-state index is 0.346. The van der Waals surface area contributed by atoms with E-state index < -0.39 is 5.69 Å². The number of halogens is 1. The third kappa shape index (κ3) is 4.45. The van der Waals surface area contributed by atoms with Crippen LogP contribution < -0.4 is 26.0 Å². The lowest BCUT2D eigenvalue weighted by molar-refractivity contribution is 0.354. The molecule has 0 fully saturated rings. The summed E-state index contributed by atoms with van der Waals surface area (Å²) in [7, 11) is 6.31. The number of aromatic nitrogens is 4. The second-order valence-electron chi connectivity index (χ2n) is 7.89. The van der Waals surface area contributed by atoms with Crippen molar-refractivity contribution in [3.05, 3.63) is 78.9 Å². The quantitative estimate of drug-likeness (QED) is 0.378. The third-order valence-electron chi connectivity index (χ3n) is 5.75. The van der Waals surface area contributed by atoms with E-state index >= 15 is 0 Å². The number of fused-ring (bicyclic) bond motifs is 1. The first-order chi connectivity index (χ1) is 16.3. The van der Waals surface area contributed by atoms with E-state index in [1.807, 2.05) is 47.0 Å². The molecule has 0 aliphatic rings. The monoisotopic (exact) mass is 527 g/mol. The highest BCUT2D eigenvalue weighted by molar-refractivity contribution is 9.10. The van der Waals surface area contributed by atoms with Crippen LogP contribution >= 0.6 is 15.9 Å². The van der Waals surface area contributed by atoms with Crippen molar-refractivity contribution in [2.45, 2.75) is 13.0 Å². The van der Waals surface area contributed by atoms with E-state index in [4.69, 9.17) is 9.47 Å². The van der Waals surface area contributed by atoms with Crippen molar-refractivity contribution in [1.29, 1.82) is 0 Å². The van der Waals surface area contributed by atoms with Gasteiger partial charge in [0.1, 0.15) is 0 Å². The lowest BCUT2D eigenvalue weighted by Gasteiger charge is -2.12. The van der Waals surface area contributed by atoms with Crippen molar-refractivity contribution in [3.63, 3.8) is 0 Å². The Morgan fingerprint density at radius 2 is 1.62 bits per heavy atom. The summed E-state index contributed by atoms with van der Waals surface area (Å²) in [4.78, 5) is 30.1. The molecule has 0 aliphatic heterocycles. The zero-order valence-electron chi connectivity index (χ0n) is 19.5. The number of hydrogen-bond acceptors (Lipinski definition) is 6. The van der Waals surface area contributed by atoms with Gasteiger partial charge < -0.3 is 14.8 Å². The normalized spacial score (nSPS) is 11.1. The van der Waals surface area contributed by atoms with Gasteiger partial charge in [0.2, 0.25) is 5.95 Å². The fourth-order valence-corrected chi connectivity index (χ4v) is 4.13. The van der Waals surface area contributed by atoms with E-state index in [1.165, 1.54) is 11.6 Å². The topological polar surface area (TPSA) is 92.3 Å². The number of ether oxygens (including phenoxy) is 2. The molecule has 10 heteroatoms. The predicted molar refractivity (Wildman–Crippen MR) is 135 cm³/mol. The molecule has 0 unspecified atom stereocenters. The zero-order valence-corrected chi connectivity index (χ0v) is 21.0. The van der Waals surface area contributed by atoms with E-state index in [0.29, 0.717) is 48.1 Å². The molecule has 0 saturated heterocycles. The van der Waals surface area contributed by atoms with Crippen molar-refractivity contribution >= 4 is 33.0 Å². The number of aryl methyl sites for hydroxylation is 1. The van der Waals surface area contributed by atoms with Crippen LogP contribution in [0.1, 0.15) is 11.1 Å². The van der Waals surface area contributed by atoms with Crippen molar-refractivity contribution in [3.8, 4) is 11.5 Å². The Morgan fingerprint density at radius 3 is 2.29 bits per heavy atom. The number of imidazole rings is 1. The number of methoxy groups -OCH3 is 2. The molecule has 0 atom stereocenters. The fraction of sp³-hybridized carbons (Fsp3) is 0.292. The molecule has 9 nitrogen and oxygen atoms in total. The van der Waals surface area contributed by atoms with Crippen LogP contribution in [0.25, 0.3) is 11.2 Å². The number of nitrogens with one attached hydrogen (secondary N) is 1. The molecule has 0 amide bonds. The van der Waals surface area contributed by atoms with Gasteiger partial charge in [-0.25, -0.2) is 4.79 Å². The van der Waals surface area contributed by atoms with Crippen molar-refractivity contribution in [2.75, 3.05) is 26.1 Å². The fourth-order valence-electron chi connectivity index (χ4n) is 3.86. The largest absolute Gasteiger partial charge is 0.493 e. The highest BCUT2D eigenvalue weighted by atomic mass is 79.9. The molecule has 4 aromatic rings. The minimum Gasteiger partial charge on any atom is -0.493 e. The molecule has 2 aromatic heterocycles. The Kier molecular flexibility index (Phi) is 6.78. The maximum atomic E-state index is 13.0. The van der Waals surface area contributed by atoms with Crippen LogP contribution in [0.15, 0.2) is 56.5 Å². The van der Waals surface area contributed by atoms with Gasteiger partial charge in [0.05, 0.1) is 20.8 Å². The molecule has 4 rings (SSSR count). The second kappa shape index (κ2) is 9.76. The smallest absolute Gasteiger partial charge is 0.332 e. The molecular weight excluding hydrogens is 502 g/mol. The molecule has 0 aliphatic carbocycles. The zero-order chi connectivity index (χ0) is 24.4. The number of hydrogen-bond donors (Lipinski definition) is 1. The second-order valence-corrected chi connectivity index (χ2v) is 8.81. The molecule has 1 N–H and O–H groups in total. The average Bonchev–Trinajstić information content (AvgIpc) is 3.20. The van der Waals surface area contributed by atoms with Gasteiger partial charge in [-0.05, 0) is 41.8 Å². The lowest BCUT2D eigenvalue weighted by atomic mass is 10.1. The third-order valence-corrected chi connectivity index (χ3v) is 6.28. The average molecular weight is 528 g/mol. The first kappa shape index (κ1) is 23.6. The number of benzene rings is 2. The first-order valence-electron chi connectivity index (χ1n) is 10.7. The highest BCUT2D eigenvalue weighted by Crippen LogP contribution is 2.28. The number of rotatable bonds is 8. The maximum Gasteiger partial charge on any atom is 0.332 e. The molecule has 0 saturated carbocycles. The Balaban J connectivity index is 1.69. The number of nitrogens with zero attached hydrogens (tertiary/aromatic N) is 4. The van der Waals surface area contributed by atoms with Gasteiger partial charge in [-0.2, -0.15) is 4.98 Å². The van der Waals surface area contributed by atoms with Crippen LogP contribution in [0.4, 0.5) is 5.95 Å². The standard InChI is InChI=1S/C24H26BrN5O4/c1-28-21-20(22(31)29(2)24(28)32)30(14-16-5-8-17(25)9-6-16)23(27-21)26-12-11-15-7-10-18(33-3)19(13-15)34-4/h5-10,13H,11-12,14H2,1-4H3,(H,26,27). The minimum atomic E-state index is -0.414. The summed E-state index contributed by atoms with van der Waals surface area (Å²) in [6, 6.07) is 13.7. The van der Waals surface area contributed by atoms with Gasteiger partial charge in [0, 0.05) is 25.1 Å². The van der Waals surface area contributed by atoms with E-state index in [0.717, 1.165) is 20.2 Å². The highest BCUT2D eigenvalue weighted by Gasteiger charge is 2.19. The van der Waals surface area contributed by atoms with Gasteiger partial charge >= 0.3 is 5.69 Å². The van der Waals surface area contributed by atoms with E-state index in [2.05, 4.69) is 26.2 Å². The van der Waals surface area contributed by atoms with E-state index in [9.17, 15) is 9.59 Å². The van der Waals surface area contributed by atoms with Crippen LogP contribution in [0.5, 0.6) is 11.5 Å². The van der Waals surface area contributed by atoms with Crippen LogP contribution in [-0.2, 0) is 27.1 Å². The Morgan fingerprint density at radius 1 is 0.941 bits per heavy atom. The summed E-state index contributed by atoms with van der Waals surface area (Å²) in [6.07, 6.45) is 0.693. The van der Waals surface area contributed by atoms with Crippen LogP contribution in [-0.4, -0.2) is 39.4 Å². The SMILES string of the molecule is COc1ccc(CCNc2nc3c(c(=O)n(C)c(=O)n3C)n2Cc2ccc(Br)cc2)cc1OC. The van der Waals surface area contributed by atoms with Crippen LogP contribution in [0.2, 0.25) is 0 Å². The van der Waals surface area contributed by atoms with Gasteiger partial charge in [0.15, 0.2) is 22.7 Å². The van der Waals surface area contributed by atoms with Gasteiger partial charge in [-0.3, -0.25) is 18.5 Å². The summed E-state index contributed by atoms with van der Waals surface area (Å²) >= 11 is 3.45. The molecule has 34 heavy (non-hydrogen) atoms. The molecule has 2 aromatic carbocycles. The Labute approximate surface area is 204 Å². The molecule has 0 spiro atoms. The Bertz CT molecular complexity index is 1450. The van der Waals surface area contributed by atoms with Crippen molar-refractivity contribution in [2.24, 2.45) is 14.1 Å². The van der Waals surface area contributed by atoms with Gasteiger partial charge in [-0.1, -0.05) is 34.1 Å². The Hall–Kier alpha value is -3.53. The lowest BCUT2D eigenvalue weighted by Crippen LogP contribution is -2.37. The van der Waals surface area contributed by atoms with Crippen molar-refractivity contribution < 1.29 is 9.47 Å². The summed E-state index contributed by atoms with van der Waals surface area (Å²) in [5.41, 5.74) is 1.99. The molecular formula is C24H26BrN5O4.